The second-order valence-corrected chi connectivity index (χ2v) is 8.96. The van der Waals surface area contributed by atoms with Gasteiger partial charge in [0, 0.05) is 6.07 Å². The van der Waals surface area contributed by atoms with Gasteiger partial charge in [-0.05, 0) is 43.5 Å². The van der Waals surface area contributed by atoms with E-state index in [-0.39, 0.29) is 6.04 Å². The highest BCUT2D eigenvalue weighted by Gasteiger charge is 2.30. The predicted molar refractivity (Wildman–Crippen MR) is 119 cm³/mol. The van der Waals surface area contributed by atoms with E-state index in [9.17, 15) is 13.2 Å². The number of rotatable bonds is 9. The van der Waals surface area contributed by atoms with Crippen LogP contribution < -0.4 is 19.1 Å². The van der Waals surface area contributed by atoms with Crippen molar-refractivity contribution < 1.29 is 22.7 Å². The first kappa shape index (κ1) is 23.5. The van der Waals surface area contributed by atoms with Crippen molar-refractivity contribution in [1.29, 1.82) is 0 Å². The van der Waals surface area contributed by atoms with Gasteiger partial charge in [0.1, 0.15) is 6.04 Å². The molecule has 2 rings (SSSR count). The number of carbonyl (C=O) groups excluding carboxylic acids is 1. The summed E-state index contributed by atoms with van der Waals surface area (Å²) in [6.07, 6.45) is 2.01. The van der Waals surface area contributed by atoms with Crippen LogP contribution in [-0.4, -0.2) is 40.8 Å². The lowest BCUT2D eigenvalue weighted by atomic mass is 10.0. The van der Waals surface area contributed by atoms with Gasteiger partial charge in [0.25, 0.3) is 0 Å². The molecule has 1 amide bonds. The van der Waals surface area contributed by atoms with Crippen LogP contribution in [0.3, 0.4) is 0 Å². The van der Waals surface area contributed by atoms with Gasteiger partial charge in [-0.15, -0.1) is 0 Å². The van der Waals surface area contributed by atoms with Crippen LogP contribution in [0.1, 0.15) is 37.9 Å². The number of nitrogens with one attached hydrogen (secondary N) is 1. The maximum absolute atomic E-state index is 12.9. The molecule has 2 aromatic rings. The van der Waals surface area contributed by atoms with E-state index in [2.05, 4.69) is 12.2 Å². The van der Waals surface area contributed by atoms with E-state index in [1.54, 1.807) is 19.1 Å². The Hall–Kier alpha value is -2.74. The highest BCUT2D eigenvalue weighted by atomic mass is 32.2. The number of nitrogens with zero attached hydrogens (tertiary/aromatic N) is 1. The third-order valence-corrected chi connectivity index (χ3v) is 6.20. The molecule has 0 saturated heterocycles. The molecule has 1 N–H and O–H groups in total. The van der Waals surface area contributed by atoms with E-state index in [4.69, 9.17) is 9.47 Å². The highest BCUT2D eigenvalue weighted by molar-refractivity contribution is 7.92. The van der Waals surface area contributed by atoms with Crippen LogP contribution in [0.2, 0.25) is 0 Å². The molecular weight excluding hydrogens is 404 g/mol. The molecule has 0 unspecified atom stereocenters. The molecule has 30 heavy (non-hydrogen) atoms. The summed E-state index contributed by atoms with van der Waals surface area (Å²) in [5.74, 6) is 0.443. The zero-order valence-corrected chi connectivity index (χ0v) is 19.1. The number of benzene rings is 2. The van der Waals surface area contributed by atoms with Crippen LogP contribution in [0, 0.1) is 0 Å². The van der Waals surface area contributed by atoms with Gasteiger partial charge in [0.05, 0.1) is 32.2 Å². The third-order valence-electron chi connectivity index (χ3n) is 4.96. The maximum atomic E-state index is 12.9. The molecule has 164 valence electrons. The summed E-state index contributed by atoms with van der Waals surface area (Å²) < 4.78 is 36.6. The van der Waals surface area contributed by atoms with E-state index in [0.29, 0.717) is 17.2 Å². The van der Waals surface area contributed by atoms with Gasteiger partial charge in [-0.25, -0.2) is 8.42 Å². The van der Waals surface area contributed by atoms with E-state index >= 15 is 0 Å². The number of carbonyl (C=O) groups is 1. The zero-order valence-electron chi connectivity index (χ0n) is 18.3. The van der Waals surface area contributed by atoms with Crippen LogP contribution in [0.25, 0.3) is 0 Å². The molecule has 0 radical (unpaired) electrons. The first-order valence-electron chi connectivity index (χ1n) is 9.73. The molecule has 0 spiro atoms. The average Bonchev–Trinajstić information content (AvgIpc) is 2.72. The largest absolute Gasteiger partial charge is 0.493 e. The van der Waals surface area contributed by atoms with Crippen molar-refractivity contribution in [1.82, 2.24) is 5.32 Å². The van der Waals surface area contributed by atoms with Crippen molar-refractivity contribution in [2.24, 2.45) is 0 Å². The quantitative estimate of drug-likeness (QED) is 0.655. The van der Waals surface area contributed by atoms with E-state index < -0.39 is 22.0 Å². The summed E-state index contributed by atoms with van der Waals surface area (Å²) in [6, 6.07) is 11.5. The number of hydrogen-bond acceptors (Lipinski definition) is 5. The van der Waals surface area contributed by atoms with Gasteiger partial charge >= 0.3 is 0 Å². The fraction of sp³-hybridized carbons (Fsp3) is 0.409. The summed E-state index contributed by atoms with van der Waals surface area (Å²) in [6.45, 7) is 5.50. The maximum Gasteiger partial charge on any atom is 0.244 e. The Morgan fingerprint density at radius 2 is 1.63 bits per heavy atom. The summed E-state index contributed by atoms with van der Waals surface area (Å²) in [7, 11) is -0.777. The molecule has 0 aromatic heterocycles. The SMILES string of the molecule is CCc1ccc([C@@H](C)NC(=O)[C@H](C)N(c2ccc(OC)c(OC)c2)S(C)(=O)=O)cc1. The number of ether oxygens (including phenoxy) is 2. The van der Waals surface area contributed by atoms with Crippen LogP contribution in [0.4, 0.5) is 5.69 Å². The Kier molecular flexibility index (Phi) is 7.72. The van der Waals surface area contributed by atoms with Crippen LogP contribution in [0.5, 0.6) is 11.5 Å². The molecule has 0 saturated carbocycles. The molecule has 0 aliphatic carbocycles. The Labute approximate surface area is 179 Å². The van der Waals surface area contributed by atoms with Gasteiger partial charge in [-0.1, -0.05) is 31.2 Å². The second kappa shape index (κ2) is 9.84. The van der Waals surface area contributed by atoms with Crippen molar-refractivity contribution in [2.75, 3.05) is 24.8 Å². The highest BCUT2D eigenvalue weighted by Crippen LogP contribution is 2.33. The fourth-order valence-electron chi connectivity index (χ4n) is 3.23. The summed E-state index contributed by atoms with van der Waals surface area (Å²) >= 11 is 0. The molecule has 0 fully saturated rings. The van der Waals surface area contributed by atoms with Crippen molar-refractivity contribution in [3.63, 3.8) is 0 Å². The minimum atomic E-state index is -3.74. The van der Waals surface area contributed by atoms with E-state index in [0.717, 1.165) is 22.5 Å². The molecule has 0 aliphatic rings. The Morgan fingerprint density at radius 3 is 2.13 bits per heavy atom. The molecule has 7 nitrogen and oxygen atoms in total. The monoisotopic (exact) mass is 434 g/mol. The normalized spacial score (nSPS) is 13.3. The number of methoxy groups -OCH3 is 2. The van der Waals surface area contributed by atoms with Crippen molar-refractivity contribution in [3.05, 3.63) is 53.6 Å². The minimum absolute atomic E-state index is 0.266. The van der Waals surface area contributed by atoms with Crippen molar-refractivity contribution in [3.8, 4) is 11.5 Å². The number of aryl methyl sites for hydroxylation is 1. The molecule has 0 aliphatic heterocycles. The van der Waals surface area contributed by atoms with Gasteiger partial charge in [-0.3, -0.25) is 9.10 Å². The minimum Gasteiger partial charge on any atom is -0.493 e. The van der Waals surface area contributed by atoms with Gasteiger partial charge < -0.3 is 14.8 Å². The smallest absolute Gasteiger partial charge is 0.244 e. The first-order valence-corrected chi connectivity index (χ1v) is 11.6. The number of hydrogen-bond donors (Lipinski definition) is 1. The van der Waals surface area contributed by atoms with Gasteiger partial charge in [0.2, 0.25) is 15.9 Å². The molecule has 8 heteroatoms. The lowest BCUT2D eigenvalue weighted by Gasteiger charge is -2.29. The number of sulfonamides is 1. The van der Waals surface area contributed by atoms with E-state index in [1.807, 2.05) is 31.2 Å². The summed E-state index contributed by atoms with van der Waals surface area (Å²) in [4.78, 5) is 12.9. The lowest BCUT2D eigenvalue weighted by molar-refractivity contribution is -0.122. The van der Waals surface area contributed by atoms with Crippen LogP contribution in [0.15, 0.2) is 42.5 Å². The zero-order chi connectivity index (χ0) is 22.5. The molecule has 2 aromatic carbocycles. The topological polar surface area (TPSA) is 84.9 Å². The Morgan fingerprint density at radius 1 is 1.03 bits per heavy atom. The molecule has 0 bridgehead atoms. The Bertz CT molecular complexity index is 974. The number of anilines is 1. The fourth-order valence-corrected chi connectivity index (χ4v) is 4.40. The molecular formula is C22H30N2O5S. The number of amides is 1. The van der Waals surface area contributed by atoms with Crippen LogP contribution in [-0.2, 0) is 21.2 Å². The molecule has 0 heterocycles. The average molecular weight is 435 g/mol. The molecule has 2 atom stereocenters. The first-order chi connectivity index (χ1) is 14.1. The lowest BCUT2D eigenvalue weighted by Crippen LogP contribution is -2.48. The summed E-state index contributed by atoms with van der Waals surface area (Å²) in [5.41, 5.74) is 2.48. The van der Waals surface area contributed by atoms with Crippen LogP contribution >= 0.6 is 0 Å². The second-order valence-electron chi connectivity index (χ2n) is 7.10. The van der Waals surface area contributed by atoms with Gasteiger partial charge in [0.15, 0.2) is 11.5 Å². The van der Waals surface area contributed by atoms with Gasteiger partial charge in [-0.2, -0.15) is 0 Å². The van der Waals surface area contributed by atoms with Crippen molar-refractivity contribution >= 4 is 21.6 Å². The predicted octanol–water partition coefficient (Wildman–Crippen LogP) is 3.30. The third kappa shape index (κ3) is 5.44. The Balaban J connectivity index is 2.28. The summed E-state index contributed by atoms with van der Waals surface area (Å²) in [5, 5.41) is 2.91. The van der Waals surface area contributed by atoms with Crippen molar-refractivity contribution in [2.45, 2.75) is 39.3 Å². The van der Waals surface area contributed by atoms with E-state index in [1.165, 1.54) is 25.8 Å². The standard InChI is InChI=1S/C22H30N2O5S/c1-7-17-8-10-18(11-9-17)15(2)23-22(25)16(3)24(30(6,26)27)19-12-13-20(28-4)21(14-19)29-5/h8-16H,7H2,1-6H3,(H,23,25)/t15-,16+/m1/s1.